The molecule has 2 rings (SSSR count). The van der Waals surface area contributed by atoms with Gasteiger partial charge in [0.15, 0.2) is 18.2 Å². The van der Waals surface area contributed by atoms with Crippen molar-refractivity contribution in [3.63, 3.8) is 0 Å². The lowest BCUT2D eigenvalue weighted by Gasteiger charge is -2.21. The molecule has 0 aliphatic carbocycles. The van der Waals surface area contributed by atoms with Crippen LogP contribution >= 0.6 is 15.9 Å². The van der Waals surface area contributed by atoms with E-state index in [0.717, 1.165) is 17.0 Å². The van der Waals surface area contributed by atoms with Crippen LogP contribution in [-0.4, -0.2) is 36.4 Å². The number of carbonyl (C=O) groups is 2. The lowest BCUT2D eigenvalue weighted by atomic mass is 10.1. The predicted octanol–water partition coefficient (Wildman–Crippen LogP) is 4.47. The molecule has 0 unspecified atom stereocenters. The fraction of sp³-hybridized carbons (Fsp3) is 0.263. The molecule has 156 valence electrons. The van der Waals surface area contributed by atoms with Crippen LogP contribution in [0, 0.1) is 5.82 Å². The first-order valence-corrected chi connectivity index (χ1v) is 9.22. The highest BCUT2D eigenvalue weighted by Crippen LogP contribution is 2.34. The summed E-state index contributed by atoms with van der Waals surface area (Å²) in [6.45, 7) is 0.695. The van der Waals surface area contributed by atoms with Gasteiger partial charge in [-0.25, -0.2) is 4.39 Å². The molecule has 0 spiro atoms. The smallest absolute Gasteiger partial charge is 0.418 e. The second kappa shape index (κ2) is 9.73. The highest BCUT2D eigenvalue weighted by Gasteiger charge is 2.33. The molecule has 2 aromatic rings. The van der Waals surface area contributed by atoms with E-state index >= 15 is 0 Å². The highest BCUT2D eigenvalue weighted by molar-refractivity contribution is 9.10. The van der Waals surface area contributed by atoms with Crippen LogP contribution in [0.3, 0.4) is 0 Å². The maximum Gasteiger partial charge on any atom is 0.418 e. The van der Waals surface area contributed by atoms with Gasteiger partial charge >= 0.3 is 6.18 Å². The van der Waals surface area contributed by atoms with Crippen molar-refractivity contribution in [1.29, 1.82) is 0 Å². The zero-order chi connectivity index (χ0) is 21.6. The number of ether oxygens (including phenoxy) is 1. The Labute approximate surface area is 172 Å². The molecular weight excluding hydrogens is 460 g/mol. The van der Waals surface area contributed by atoms with Gasteiger partial charge in [0.1, 0.15) is 0 Å². The summed E-state index contributed by atoms with van der Waals surface area (Å²) in [5, 5.41) is 2.17. The molecule has 0 aromatic heterocycles. The Morgan fingerprint density at radius 3 is 2.48 bits per heavy atom. The highest BCUT2D eigenvalue weighted by atomic mass is 79.9. The molecule has 0 atom stereocenters. The molecule has 0 aliphatic rings. The van der Waals surface area contributed by atoms with Gasteiger partial charge in [0.2, 0.25) is 5.91 Å². The van der Waals surface area contributed by atoms with E-state index in [0.29, 0.717) is 4.47 Å². The number of hydrogen-bond donors (Lipinski definition) is 1. The van der Waals surface area contributed by atoms with Crippen molar-refractivity contribution in [1.82, 2.24) is 4.90 Å². The number of para-hydroxylation sites is 1. The maximum atomic E-state index is 13.7. The summed E-state index contributed by atoms with van der Waals surface area (Å²) in [7, 11) is 0. The monoisotopic (exact) mass is 476 g/mol. The van der Waals surface area contributed by atoms with Crippen LogP contribution in [0.2, 0.25) is 0 Å². The second-order valence-corrected chi connectivity index (χ2v) is 6.78. The van der Waals surface area contributed by atoms with Crippen LogP contribution in [0.4, 0.5) is 23.2 Å². The maximum absolute atomic E-state index is 13.7. The van der Waals surface area contributed by atoms with Crippen molar-refractivity contribution in [3.8, 4) is 5.75 Å². The molecule has 0 saturated heterocycles. The molecular formula is C19H17BrF4N2O3. The van der Waals surface area contributed by atoms with Gasteiger partial charge in [0.05, 0.1) is 17.8 Å². The summed E-state index contributed by atoms with van der Waals surface area (Å²) >= 11 is 3.10. The van der Waals surface area contributed by atoms with Crippen molar-refractivity contribution >= 4 is 33.4 Å². The Bertz CT molecular complexity index is 890. The zero-order valence-electron chi connectivity index (χ0n) is 15.2. The standard InChI is InChI=1S/C19H17BrF4N2O3/c1-2-26(18(28)11-29-16-8-7-12(20)9-14(16)21)10-17(27)25-15-6-4-3-5-13(15)19(22,23)24/h3-9H,2,10-11H2,1H3,(H,25,27). The molecule has 0 heterocycles. The van der Waals surface area contributed by atoms with Crippen LogP contribution in [0.25, 0.3) is 0 Å². The van der Waals surface area contributed by atoms with Gasteiger partial charge in [-0.2, -0.15) is 13.2 Å². The third-order valence-electron chi connectivity index (χ3n) is 3.82. The number of benzene rings is 2. The molecule has 0 saturated carbocycles. The molecule has 0 bridgehead atoms. The second-order valence-electron chi connectivity index (χ2n) is 5.86. The van der Waals surface area contributed by atoms with E-state index in [1.807, 2.05) is 0 Å². The Morgan fingerprint density at radius 2 is 1.86 bits per heavy atom. The Kier molecular flexibility index (Phi) is 7.60. The van der Waals surface area contributed by atoms with Gasteiger partial charge in [-0.05, 0) is 37.3 Å². The first-order valence-electron chi connectivity index (χ1n) is 8.43. The first kappa shape index (κ1) is 22.7. The van der Waals surface area contributed by atoms with Gasteiger partial charge < -0.3 is 15.0 Å². The number of rotatable bonds is 7. The van der Waals surface area contributed by atoms with Crippen LogP contribution in [0.15, 0.2) is 46.9 Å². The molecule has 0 radical (unpaired) electrons. The number of nitrogens with zero attached hydrogens (tertiary/aromatic N) is 1. The van der Waals surface area contributed by atoms with E-state index in [1.165, 1.54) is 30.3 Å². The van der Waals surface area contributed by atoms with Crippen LogP contribution < -0.4 is 10.1 Å². The third-order valence-corrected chi connectivity index (χ3v) is 4.31. The van der Waals surface area contributed by atoms with Gasteiger partial charge in [-0.15, -0.1) is 0 Å². The van der Waals surface area contributed by atoms with E-state index < -0.39 is 48.2 Å². The summed E-state index contributed by atoms with van der Waals surface area (Å²) < 4.78 is 58.4. The van der Waals surface area contributed by atoms with Crippen molar-refractivity contribution < 1.29 is 31.9 Å². The molecule has 0 fully saturated rings. The molecule has 1 N–H and O–H groups in total. The normalized spacial score (nSPS) is 11.1. The predicted molar refractivity (Wildman–Crippen MR) is 102 cm³/mol. The SMILES string of the molecule is CCN(CC(=O)Nc1ccccc1C(F)(F)F)C(=O)COc1ccc(Br)cc1F. The summed E-state index contributed by atoms with van der Waals surface area (Å²) in [6, 6.07) is 8.57. The number of likely N-dealkylation sites (N-methyl/N-ethyl adjacent to an activating group) is 1. The molecule has 2 aromatic carbocycles. The molecule has 2 amide bonds. The molecule has 5 nitrogen and oxygen atoms in total. The summed E-state index contributed by atoms with van der Waals surface area (Å²) in [6.07, 6.45) is -4.63. The summed E-state index contributed by atoms with van der Waals surface area (Å²) in [4.78, 5) is 25.5. The summed E-state index contributed by atoms with van der Waals surface area (Å²) in [5.41, 5.74) is -1.39. The summed E-state index contributed by atoms with van der Waals surface area (Å²) in [5.74, 6) is -2.22. The average molecular weight is 477 g/mol. The van der Waals surface area contributed by atoms with Crippen molar-refractivity contribution in [3.05, 3.63) is 58.3 Å². The van der Waals surface area contributed by atoms with Gasteiger partial charge in [0, 0.05) is 11.0 Å². The zero-order valence-corrected chi connectivity index (χ0v) is 16.8. The van der Waals surface area contributed by atoms with Gasteiger partial charge in [-0.1, -0.05) is 28.1 Å². The largest absolute Gasteiger partial charge is 0.481 e. The lowest BCUT2D eigenvalue weighted by molar-refractivity contribution is -0.138. The van der Waals surface area contributed by atoms with Gasteiger partial charge in [0.25, 0.3) is 5.91 Å². The molecule has 10 heteroatoms. The number of carbonyl (C=O) groups excluding carboxylic acids is 2. The Hall–Kier alpha value is -2.62. The number of amides is 2. The Morgan fingerprint density at radius 1 is 1.17 bits per heavy atom. The minimum atomic E-state index is -4.63. The minimum absolute atomic E-state index is 0.110. The quantitative estimate of drug-likeness (QED) is 0.599. The fourth-order valence-corrected chi connectivity index (χ4v) is 2.73. The Balaban J connectivity index is 1.98. The number of alkyl halides is 3. The topological polar surface area (TPSA) is 58.6 Å². The number of nitrogens with one attached hydrogen (secondary N) is 1. The van der Waals surface area contributed by atoms with Crippen molar-refractivity contribution in [2.45, 2.75) is 13.1 Å². The van der Waals surface area contributed by atoms with Crippen LogP contribution in [0.1, 0.15) is 12.5 Å². The number of halogens is 5. The average Bonchev–Trinajstić information content (AvgIpc) is 2.64. The van der Waals surface area contributed by atoms with E-state index in [9.17, 15) is 27.2 Å². The minimum Gasteiger partial charge on any atom is -0.481 e. The van der Waals surface area contributed by atoms with Crippen molar-refractivity contribution in [2.75, 3.05) is 25.0 Å². The van der Waals surface area contributed by atoms with E-state index in [4.69, 9.17) is 4.74 Å². The van der Waals surface area contributed by atoms with Crippen LogP contribution in [0.5, 0.6) is 5.75 Å². The van der Waals surface area contributed by atoms with Gasteiger partial charge in [-0.3, -0.25) is 9.59 Å². The van der Waals surface area contributed by atoms with Crippen molar-refractivity contribution in [2.24, 2.45) is 0 Å². The number of anilines is 1. The molecule has 29 heavy (non-hydrogen) atoms. The third kappa shape index (κ3) is 6.45. The first-order chi connectivity index (χ1) is 13.6. The lowest BCUT2D eigenvalue weighted by Crippen LogP contribution is -2.40. The van der Waals surface area contributed by atoms with E-state index in [-0.39, 0.29) is 12.3 Å². The van der Waals surface area contributed by atoms with E-state index in [1.54, 1.807) is 6.92 Å². The molecule has 0 aliphatic heterocycles. The van der Waals surface area contributed by atoms with Crippen LogP contribution in [-0.2, 0) is 15.8 Å². The van der Waals surface area contributed by atoms with E-state index in [2.05, 4.69) is 21.2 Å². The number of hydrogen-bond acceptors (Lipinski definition) is 3. The fourth-order valence-electron chi connectivity index (χ4n) is 2.40.